The Kier molecular flexibility index (Phi) is 3.35. The van der Waals surface area contributed by atoms with E-state index in [4.69, 9.17) is 4.74 Å². The van der Waals surface area contributed by atoms with Crippen LogP contribution in [-0.4, -0.2) is 34.9 Å². The molecule has 1 fully saturated rings. The lowest BCUT2D eigenvalue weighted by Crippen LogP contribution is -2.32. The highest BCUT2D eigenvalue weighted by atomic mass is 16.5. The standard InChI is InChI=1S/C9H14N4O3/c14-7-8(12-13-9(15)11-7)16-5-6-1-3-10-4-2-6/h6,10H,1-5H2,(H2,11,13,14,15). The van der Waals surface area contributed by atoms with Gasteiger partial charge in [0.1, 0.15) is 0 Å². The molecule has 1 aromatic rings. The van der Waals surface area contributed by atoms with Crippen molar-refractivity contribution in [1.82, 2.24) is 20.5 Å². The summed E-state index contributed by atoms with van der Waals surface area (Å²) in [4.78, 5) is 24.0. The van der Waals surface area contributed by atoms with Crippen LogP contribution in [0.1, 0.15) is 12.8 Å². The molecule has 1 saturated heterocycles. The maximum atomic E-state index is 11.2. The lowest BCUT2D eigenvalue weighted by Gasteiger charge is -2.21. The number of hydrogen-bond acceptors (Lipinski definition) is 5. The summed E-state index contributed by atoms with van der Waals surface area (Å²) in [6.45, 7) is 2.41. The van der Waals surface area contributed by atoms with Crippen molar-refractivity contribution in [2.45, 2.75) is 12.8 Å². The second-order valence-corrected chi connectivity index (χ2v) is 3.82. The molecule has 0 aromatic carbocycles. The fraction of sp³-hybridized carbons (Fsp3) is 0.667. The SMILES string of the molecule is O=c1[nH]nc(OCC2CCNCC2)c(=O)[nH]1. The fourth-order valence-electron chi connectivity index (χ4n) is 1.68. The third-order valence-corrected chi connectivity index (χ3v) is 2.59. The Bertz CT molecular complexity index is 447. The average molecular weight is 226 g/mol. The molecule has 3 N–H and O–H groups in total. The number of nitrogens with zero attached hydrogens (tertiary/aromatic N) is 1. The van der Waals surface area contributed by atoms with Crippen LogP contribution in [0.15, 0.2) is 9.59 Å². The molecule has 0 radical (unpaired) electrons. The molecule has 1 aliphatic heterocycles. The summed E-state index contributed by atoms with van der Waals surface area (Å²) in [5.41, 5.74) is -1.21. The van der Waals surface area contributed by atoms with Crippen LogP contribution in [0.25, 0.3) is 0 Å². The van der Waals surface area contributed by atoms with Gasteiger partial charge in [-0.3, -0.25) is 9.78 Å². The number of H-pyrrole nitrogens is 2. The van der Waals surface area contributed by atoms with Crippen molar-refractivity contribution in [2.75, 3.05) is 19.7 Å². The number of rotatable bonds is 3. The van der Waals surface area contributed by atoms with Crippen molar-refractivity contribution >= 4 is 0 Å². The molecule has 0 bridgehead atoms. The van der Waals surface area contributed by atoms with Crippen LogP contribution >= 0.6 is 0 Å². The molecule has 16 heavy (non-hydrogen) atoms. The molecule has 2 heterocycles. The molecule has 0 aliphatic carbocycles. The summed E-state index contributed by atoms with van der Waals surface area (Å²) in [7, 11) is 0. The molecular formula is C9H14N4O3. The van der Waals surface area contributed by atoms with E-state index in [1.165, 1.54) is 0 Å². The van der Waals surface area contributed by atoms with E-state index in [2.05, 4.69) is 20.5 Å². The predicted octanol–water partition coefficient (Wildman–Crippen LogP) is -1.16. The van der Waals surface area contributed by atoms with Gasteiger partial charge in [0.25, 0.3) is 5.88 Å². The quantitative estimate of drug-likeness (QED) is 0.603. The zero-order valence-corrected chi connectivity index (χ0v) is 8.78. The minimum absolute atomic E-state index is 0.0712. The van der Waals surface area contributed by atoms with E-state index in [1.54, 1.807) is 0 Å². The summed E-state index contributed by atoms with van der Waals surface area (Å²) in [6, 6.07) is 0. The van der Waals surface area contributed by atoms with Crippen molar-refractivity contribution in [3.63, 3.8) is 0 Å². The number of piperidine rings is 1. The van der Waals surface area contributed by atoms with E-state index >= 15 is 0 Å². The first-order valence-corrected chi connectivity index (χ1v) is 5.28. The molecule has 0 unspecified atom stereocenters. The third-order valence-electron chi connectivity index (χ3n) is 2.59. The van der Waals surface area contributed by atoms with Gasteiger partial charge >= 0.3 is 11.2 Å². The third kappa shape index (κ3) is 2.69. The second-order valence-electron chi connectivity index (χ2n) is 3.82. The molecular weight excluding hydrogens is 212 g/mol. The van der Waals surface area contributed by atoms with Gasteiger partial charge in [0.05, 0.1) is 6.61 Å². The first-order valence-electron chi connectivity index (χ1n) is 5.28. The Hall–Kier alpha value is -1.63. The molecule has 7 nitrogen and oxygen atoms in total. The van der Waals surface area contributed by atoms with Gasteiger partial charge in [-0.25, -0.2) is 9.89 Å². The second kappa shape index (κ2) is 4.93. The number of hydrogen-bond donors (Lipinski definition) is 3. The minimum Gasteiger partial charge on any atom is -0.472 e. The van der Waals surface area contributed by atoms with Gasteiger partial charge in [-0.1, -0.05) is 0 Å². The lowest BCUT2D eigenvalue weighted by atomic mass is 9.99. The van der Waals surface area contributed by atoms with Crippen molar-refractivity contribution in [1.29, 1.82) is 0 Å². The van der Waals surface area contributed by atoms with Crippen molar-refractivity contribution in [3.8, 4) is 5.88 Å². The molecule has 0 atom stereocenters. The number of aromatic amines is 2. The predicted molar refractivity (Wildman–Crippen MR) is 56.6 cm³/mol. The number of nitrogens with one attached hydrogen (secondary N) is 3. The topological polar surface area (TPSA) is 99.9 Å². The normalized spacial score (nSPS) is 17.2. The van der Waals surface area contributed by atoms with Crippen molar-refractivity contribution in [2.24, 2.45) is 5.92 Å². The lowest BCUT2D eigenvalue weighted by molar-refractivity contribution is 0.204. The van der Waals surface area contributed by atoms with Crippen LogP contribution in [0.2, 0.25) is 0 Å². The monoisotopic (exact) mass is 226 g/mol. The van der Waals surface area contributed by atoms with Gasteiger partial charge in [0.2, 0.25) is 0 Å². The first-order chi connectivity index (χ1) is 7.75. The average Bonchev–Trinajstić information content (AvgIpc) is 2.29. The Morgan fingerprint density at radius 3 is 2.75 bits per heavy atom. The van der Waals surface area contributed by atoms with Gasteiger partial charge < -0.3 is 10.1 Å². The summed E-state index contributed by atoms with van der Waals surface area (Å²) in [6.07, 6.45) is 2.06. The van der Waals surface area contributed by atoms with E-state index in [9.17, 15) is 9.59 Å². The van der Waals surface area contributed by atoms with E-state index in [1.807, 2.05) is 0 Å². The van der Waals surface area contributed by atoms with Gasteiger partial charge in [-0.05, 0) is 31.8 Å². The largest absolute Gasteiger partial charge is 0.472 e. The molecule has 0 spiro atoms. The summed E-state index contributed by atoms with van der Waals surface area (Å²) in [5, 5.41) is 8.92. The molecule has 2 rings (SSSR count). The molecule has 0 amide bonds. The summed E-state index contributed by atoms with van der Waals surface area (Å²) in [5.74, 6) is 0.368. The van der Waals surface area contributed by atoms with Gasteiger partial charge in [-0.15, -0.1) is 5.10 Å². The van der Waals surface area contributed by atoms with Crippen LogP contribution in [0.3, 0.4) is 0 Å². The Morgan fingerprint density at radius 1 is 1.31 bits per heavy atom. The van der Waals surface area contributed by atoms with Crippen LogP contribution < -0.4 is 21.3 Å². The Balaban J connectivity index is 1.93. The summed E-state index contributed by atoms with van der Waals surface area (Å²) < 4.78 is 5.28. The maximum Gasteiger partial charge on any atom is 0.342 e. The fourth-order valence-corrected chi connectivity index (χ4v) is 1.68. The Morgan fingerprint density at radius 2 is 2.06 bits per heavy atom. The van der Waals surface area contributed by atoms with E-state index in [0.717, 1.165) is 25.9 Å². The smallest absolute Gasteiger partial charge is 0.342 e. The highest BCUT2D eigenvalue weighted by Crippen LogP contribution is 2.11. The highest BCUT2D eigenvalue weighted by Gasteiger charge is 2.14. The maximum absolute atomic E-state index is 11.2. The van der Waals surface area contributed by atoms with E-state index in [-0.39, 0.29) is 5.88 Å². The van der Waals surface area contributed by atoms with Gasteiger partial charge in [0.15, 0.2) is 0 Å². The summed E-state index contributed by atoms with van der Waals surface area (Å²) >= 11 is 0. The molecule has 7 heteroatoms. The Labute approximate surface area is 91.2 Å². The van der Waals surface area contributed by atoms with E-state index < -0.39 is 11.2 Å². The van der Waals surface area contributed by atoms with Gasteiger partial charge in [0, 0.05) is 0 Å². The zero-order valence-electron chi connectivity index (χ0n) is 8.78. The molecule has 0 saturated carbocycles. The minimum atomic E-state index is -0.626. The number of aromatic nitrogens is 3. The number of ether oxygens (including phenoxy) is 1. The molecule has 88 valence electrons. The van der Waals surface area contributed by atoms with Gasteiger partial charge in [-0.2, -0.15) is 0 Å². The van der Waals surface area contributed by atoms with Crippen molar-refractivity contribution < 1.29 is 4.74 Å². The van der Waals surface area contributed by atoms with Crippen LogP contribution in [0.4, 0.5) is 0 Å². The zero-order chi connectivity index (χ0) is 11.4. The highest BCUT2D eigenvalue weighted by molar-refractivity contribution is 4.99. The van der Waals surface area contributed by atoms with Crippen LogP contribution in [-0.2, 0) is 0 Å². The molecule has 1 aliphatic rings. The van der Waals surface area contributed by atoms with Crippen molar-refractivity contribution in [3.05, 3.63) is 20.8 Å². The molecule has 1 aromatic heterocycles. The van der Waals surface area contributed by atoms with E-state index in [0.29, 0.717) is 12.5 Å². The van der Waals surface area contributed by atoms with Crippen LogP contribution in [0.5, 0.6) is 5.88 Å². The van der Waals surface area contributed by atoms with Crippen LogP contribution in [0, 0.1) is 5.92 Å². The first kappa shape index (κ1) is 10.9.